The Bertz CT molecular complexity index is 3790. The number of halogens is 5. The molecule has 92 heavy (non-hydrogen) atoms. The third-order valence-corrected chi connectivity index (χ3v) is 14.3. The second kappa shape index (κ2) is 36.4. The molecule has 0 radical (unpaired) electrons. The summed E-state index contributed by atoms with van der Waals surface area (Å²) in [4.78, 5) is 69.5. The lowest BCUT2D eigenvalue weighted by molar-refractivity contribution is 0.0586. The summed E-state index contributed by atoms with van der Waals surface area (Å²) < 4.78 is 86.5. The van der Waals surface area contributed by atoms with Gasteiger partial charge in [0.15, 0.2) is 23.3 Å². The van der Waals surface area contributed by atoms with Crippen molar-refractivity contribution in [1.82, 2.24) is 83.5 Å². The van der Waals surface area contributed by atoms with Crippen molar-refractivity contribution in [3.8, 4) is 0 Å². The molecule has 490 valence electrons. The number of nitrogens with one attached hydrogen (secondary N) is 2. The summed E-state index contributed by atoms with van der Waals surface area (Å²) in [7, 11) is 2.42. The number of benzene rings is 3. The van der Waals surface area contributed by atoms with E-state index in [0.29, 0.717) is 77.3 Å². The zero-order valence-corrected chi connectivity index (χ0v) is 54.2. The topological polar surface area (TPSA) is 405 Å². The van der Waals surface area contributed by atoms with Crippen LogP contribution in [0.5, 0.6) is 0 Å². The smallest absolute Gasteiger partial charge is 0.340 e. The van der Waals surface area contributed by atoms with Crippen LogP contribution in [0.4, 0.5) is 52.6 Å². The van der Waals surface area contributed by atoms with Crippen molar-refractivity contribution < 1.29 is 60.3 Å². The summed E-state index contributed by atoms with van der Waals surface area (Å²) in [6, 6.07) is 13.6. The highest BCUT2D eigenvalue weighted by molar-refractivity contribution is 9.08. The molecule has 8 heterocycles. The molecule has 11 rings (SSSR count). The molecule has 31 nitrogen and oxygen atoms in total. The molecular weight excluding hydrogens is 1380 g/mol. The zero-order valence-electron chi connectivity index (χ0n) is 48.6. The van der Waals surface area contributed by atoms with E-state index < -0.39 is 35.3 Å². The fraction of sp³-hybridized carbons (Fsp3) is 0.288. The maximum absolute atomic E-state index is 14.2. The first-order chi connectivity index (χ1) is 42.9. The number of alkyl halides is 1. The van der Waals surface area contributed by atoms with Gasteiger partial charge in [-0.2, -0.15) is 37.4 Å². The van der Waals surface area contributed by atoms with E-state index in [1.54, 1.807) is 69.5 Å². The average Bonchev–Trinajstić information content (AvgIpc) is 1.53. The first kappa shape index (κ1) is 75.1. The molecule has 0 unspecified atom stereocenters. The van der Waals surface area contributed by atoms with Crippen molar-refractivity contribution in [3.05, 3.63) is 156 Å². The molecule has 0 atom stereocenters. The van der Waals surface area contributed by atoms with Gasteiger partial charge in [0.2, 0.25) is 19.9 Å². The second-order valence-corrected chi connectivity index (χ2v) is 21.5. The standard InChI is InChI=1S/C15H14FN5O3S.C14H13FN6O3S.C9H8BrFO2.C6H7N5OS.C3H3ClN2S.C3H5N3O.2CH4/c1-8-17-14(24-19-8)21(15-18-9(2)20-25-15)7-10-4-5-11(12(16)6-10)13(22)23-3;1-7-16-13(24-19-7)21(14-17-8(2)20-25-14)6-9-3-4-10(11(15)5-9)12(22)18-23;1-13-9(12)7-3-2-6(5-10)4-8(7)11;1-3-7-5(12-10-3)9-6-8-4(2)11-13-6;2*1-2-5-3(4)7-6-2;;/h4-6H,7H2,1-3H3;3-5,23H,6H2,1-2H3,(H,18,22);2-4H,5H2,1H3;1-2H3,(H,7,8,9,10,11);1H3;1H3,(H2,4,5,6);2*1H4. The van der Waals surface area contributed by atoms with E-state index in [2.05, 4.69) is 113 Å². The lowest BCUT2D eigenvalue weighted by atomic mass is 10.1. The number of nitrogens with two attached hydrogens (primary N) is 1. The van der Waals surface area contributed by atoms with Crippen LogP contribution in [-0.2, 0) is 27.9 Å². The molecule has 11 aromatic rings. The third-order valence-electron chi connectivity index (χ3n) is 10.4. The van der Waals surface area contributed by atoms with Crippen LogP contribution in [0, 0.1) is 72.8 Å². The second-order valence-electron chi connectivity index (χ2n) is 17.4. The SMILES string of the molecule is C.C.COC(=O)c1ccc(CBr)cc1F.COC(=O)c1ccc(CN(c2nc(C)no2)c2nc(C)ns2)cc1F.Cc1noc(N(Cc2ccc(C(=O)NO)c(F)c2)c2nc(C)ns2)n1.Cc1noc(N)n1.Cc1noc(Nc2nc(C)ns2)n1.Cc1nsc(Cl)n1. The van der Waals surface area contributed by atoms with Crippen LogP contribution >= 0.6 is 73.7 Å². The number of aryl methyl sites for hydroxylation is 8. The number of amides is 1. The van der Waals surface area contributed by atoms with Crippen molar-refractivity contribution >= 4 is 131 Å². The van der Waals surface area contributed by atoms with Gasteiger partial charge < -0.3 is 33.3 Å². The van der Waals surface area contributed by atoms with Crippen molar-refractivity contribution in [3.63, 3.8) is 0 Å². The van der Waals surface area contributed by atoms with E-state index in [9.17, 15) is 27.6 Å². The molecule has 5 N–H and O–H groups in total. The van der Waals surface area contributed by atoms with Gasteiger partial charge in [-0.15, -0.1) is 0 Å². The maximum Gasteiger partial charge on any atom is 0.340 e. The zero-order chi connectivity index (χ0) is 65.6. The van der Waals surface area contributed by atoms with Gasteiger partial charge in [0.1, 0.15) is 40.7 Å². The monoisotopic (exact) mass is 1440 g/mol. The Balaban J connectivity index is 0.000000249. The minimum absolute atomic E-state index is 0. The van der Waals surface area contributed by atoms with Crippen molar-refractivity contribution in [2.24, 2.45) is 0 Å². The number of aromatic nitrogens is 16. The lowest BCUT2D eigenvalue weighted by Gasteiger charge is -2.16. The number of ether oxygens (including phenoxy) is 2. The van der Waals surface area contributed by atoms with E-state index in [-0.39, 0.29) is 62.7 Å². The van der Waals surface area contributed by atoms with Gasteiger partial charge in [0.25, 0.3) is 5.91 Å². The molecule has 0 spiro atoms. The highest BCUT2D eigenvalue weighted by atomic mass is 79.9. The number of nitrogen functional groups attached to an aromatic ring is 1. The van der Waals surface area contributed by atoms with Gasteiger partial charge in [-0.25, -0.2) is 48.2 Å². The first-order valence-electron chi connectivity index (χ1n) is 25.1. The van der Waals surface area contributed by atoms with Crippen LogP contribution in [0.15, 0.2) is 72.7 Å². The normalized spacial score (nSPS) is 10.1. The molecule has 8 aromatic heterocycles. The van der Waals surface area contributed by atoms with Crippen LogP contribution < -0.4 is 26.3 Å². The lowest BCUT2D eigenvalue weighted by Crippen LogP contribution is -2.21. The van der Waals surface area contributed by atoms with E-state index >= 15 is 0 Å². The van der Waals surface area contributed by atoms with Crippen LogP contribution in [0.3, 0.4) is 0 Å². The number of anilines is 7. The fourth-order valence-corrected chi connectivity index (χ4v) is 9.40. The number of hydroxylamine groups is 1. The summed E-state index contributed by atoms with van der Waals surface area (Å²) in [5.41, 5.74) is 7.92. The molecule has 0 aliphatic carbocycles. The number of carbonyl (C=O) groups is 3. The molecular formula is C52H58BrClF3N21O10S4. The predicted molar refractivity (Wildman–Crippen MR) is 336 cm³/mol. The molecule has 3 aromatic carbocycles. The van der Waals surface area contributed by atoms with Gasteiger partial charge in [-0.3, -0.25) is 25.1 Å². The predicted octanol–water partition coefficient (Wildman–Crippen LogP) is 11.5. The van der Waals surface area contributed by atoms with Gasteiger partial charge in [0.05, 0.1) is 44.0 Å². The molecule has 0 saturated heterocycles. The number of carbonyl (C=O) groups excluding carboxylic acids is 3. The van der Waals surface area contributed by atoms with Crippen LogP contribution in [0.1, 0.15) is 109 Å². The number of nitrogens with zero attached hydrogens (tertiary/aromatic N) is 18. The fourth-order valence-electron chi connectivity index (χ4n) is 6.51. The number of methoxy groups -OCH3 is 2. The van der Waals surface area contributed by atoms with E-state index in [1.165, 1.54) is 90.7 Å². The number of rotatable bonds is 14. The van der Waals surface area contributed by atoms with E-state index in [1.807, 2.05) is 13.8 Å². The number of hydrogen-bond acceptors (Lipinski definition) is 34. The van der Waals surface area contributed by atoms with E-state index in [0.717, 1.165) is 28.7 Å². The summed E-state index contributed by atoms with van der Waals surface area (Å²) >= 11 is 13.4. The summed E-state index contributed by atoms with van der Waals surface area (Å²) in [6.45, 7) is 14.4. The molecule has 40 heteroatoms. The molecule has 1 amide bonds. The Morgan fingerprint density at radius 1 is 0.554 bits per heavy atom. The Labute approximate surface area is 551 Å². The molecule has 0 bridgehead atoms. The molecule has 0 aliphatic rings. The quantitative estimate of drug-likeness (QED) is 0.0340. The first-order valence-corrected chi connectivity index (χ1v) is 29.7. The van der Waals surface area contributed by atoms with Crippen molar-refractivity contribution in [2.75, 3.05) is 35.1 Å². The van der Waals surface area contributed by atoms with Gasteiger partial charge in [0, 0.05) is 39.9 Å². The van der Waals surface area contributed by atoms with Gasteiger partial charge in [-0.05, 0) is 132 Å². The molecule has 0 fully saturated rings. The van der Waals surface area contributed by atoms with E-state index in [4.69, 9.17) is 36.1 Å². The molecule has 0 saturated carbocycles. The summed E-state index contributed by atoms with van der Waals surface area (Å²) in [5.74, 6) is 0.439. The minimum Gasteiger partial charge on any atom is -0.465 e. The Morgan fingerprint density at radius 2 is 0.967 bits per heavy atom. The largest absolute Gasteiger partial charge is 0.465 e. The Morgan fingerprint density at radius 3 is 1.28 bits per heavy atom. The van der Waals surface area contributed by atoms with Crippen LogP contribution in [0.2, 0.25) is 4.47 Å². The third kappa shape index (κ3) is 22.8. The van der Waals surface area contributed by atoms with Crippen molar-refractivity contribution in [1.29, 1.82) is 0 Å². The minimum atomic E-state index is -0.923. The number of esters is 2. The highest BCUT2D eigenvalue weighted by Crippen LogP contribution is 2.30. The Hall–Kier alpha value is -9.41. The summed E-state index contributed by atoms with van der Waals surface area (Å²) in [6.07, 6.45) is 0. The molecule has 0 aliphatic heterocycles. The van der Waals surface area contributed by atoms with Crippen molar-refractivity contribution in [2.45, 2.75) is 88.7 Å². The maximum atomic E-state index is 14.2. The highest BCUT2D eigenvalue weighted by Gasteiger charge is 2.24. The average molecular weight is 1440 g/mol. The Kier molecular flexibility index (Phi) is 29.7. The van der Waals surface area contributed by atoms with Crippen LogP contribution in [-0.4, -0.2) is 115 Å². The van der Waals surface area contributed by atoms with Gasteiger partial charge >= 0.3 is 36.0 Å². The van der Waals surface area contributed by atoms with Crippen LogP contribution in [0.25, 0.3) is 0 Å². The van der Waals surface area contributed by atoms with Gasteiger partial charge in [-0.1, -0.05) is 69.6 Å². The number of hydrogen-bond donors (Lipinski definition) is 4. The summed E-state index contributed by atoms with van der Waals surface area (Å²) in [5, 5.41) is 28.3.